The fraction of sp³-hybridized carbons (Fsp3) is 0.357. The molecule has 2 rings (SSSR count). The fourth-order valence-electron chi connectivity index (χ4n) is 2.23. The Kier molecular flexibility index (Phi) is 4.81. The van der Waals surface area contributed by atoms with E-state index in [0.717, 1.165) is 0 Å². The number of imide groups is 1. The molecule has 1 aliphatic rings. The van der Waals surface area contributed by atoms with Crippen LogP contribution in [0.4, 0.5) is 5.69 Å². The van der Waals surface area contributed by atoms with Gasteiger partial charge in [-0.25, -0.2) is 8.42 Å². The Morgan fingerprint density at radius 1 is 1.30 bits per heavy atom. The number of anilines is 1. The molecular weight excluding hydrogens is 322 g/mol. The molecule has 0 aromatic heterocycles. The van der Waals surface area contributed by atoms with Crippen molar-refractivity contribution in [2.24, 2.45) is 0 Å². The predicted octanol–water partition coefficient (Wildman–Crippen LogP) is 0.0369. The van der Waals surface area contributed by atoms with Gasteiger partial charge in [-0.15, -0.1) is 0 Å². The molecule has 1 fully saturated rings. The molecule has 0 bridgehead atoms. The van der Waals surface area contributed by atoms with E-state index >= 15 is 0 Å². The van der Waals surface area contributed by atoms with Gasteiger partial charge in [-0.3, -0.25) is 19.7 Å². The summed E-state index contributed by atoms with van der Waals surface area (Å²) in [5, 5.41) is 4.60. The smallest absolute Gasteiger partial charge is 0.244 e. The number of sulfonamides is 1. The molecule has 3 amide bonds. The first kappa shape index (κ1) is 17.1. The van der Waals surface area contributed by atoms with Crippen LogP contribution in [0.2, 0.25) is 0 Å². The minimum Gasteiger partial charge on any atom is -0.326 e. The highest BCUT2D eigenvalue weighted by atomic mass is 32.2. The summed E-state index contributed by atoms with van der Waals surface area (Å²) in [5.74, 6) is -1.41. The summed E-state index contributed by atoms with van der Waals surface area (Å²) >= 11 is 0. The van der Waals surface area contributed by atoms with Gasteiger partial charge in [-0.05, 0) is 31.0 Å². The van der Waals surface area contributed by atoms with E-state index in [0.29, 0.717) is 11.3 Å². The Labute approximate surface area is 133 Å². The Morgan fingerprint density at radius 3 is 2.61 bits per heavy atom. The van der Waals surface area contributed by atoms with Gasteiger partial charge < -0.3 is 5.32 Å². The van der Waals surface area contributed by atoms with Crippen LogP contribution >= 0.6 is 0 Å². The number of carbonyl (C=O) groups excluding carboxylic acids is 3. The molecule has 0 radical (unpaired) electrons. The third-order valence-corrected chi connectivity index (χ3v) is 4.95. The number of nitrogens with one attached hydrogen (secondary N) is 3. The van der Waals surface area contributed by atoms with Crippen LogP contribution in [-0.2, 0) is 24.4 Å². The van der Waals surface area contributed by atoms with Crippen molar-refractivity contribution in [3.8, 4) is 0 Å². The Balaban J connectivity index is 2.27. The van der Waals surface area contributed by atoms with Gasteiger partial charge in [0.15, 0.2) is 0 Å². The summed E-state index contributed by atoms with van der Waals surface area (Å²) in [4.78, 5) is 33.9. The Hall–Kier alpha value is -2.26. The van der Waals surface area contributed by atoms with Gasteiger partial charge in [0, 0.05) is 19.0 Å². The predicted molar refractivity (Wildman–Crippen MR) is 82.0 cm³/mol. The van der Waals surface area contributed by atoms with Gasteiger partial charge in [-0.1, -0.05) is 6.07 Å². The van der Waals surface area contributed by atoms with Crippen molar-refractivity contribution in [3.63, 3.8) is 0 Å². The zero-order chi connectivity index (χ0) is 17.2. The molecule has 1 unspecified atom stereocenters. The average Bonchev–Trinajstić information content (AvgIpc) is 2.43. The van der Waals surface area contributed by atoms with Gasteiger partial charge in [-0.2, -0.15) is 4.72 Å². The molecule has 0 aliphatic carbocycles. The van der Waals surface area contributed by atoms with Crippen LogP contribution in [0.1, 0.15) is 25.3 Å². The third kappa shape index (κ3) is 4.14. The van der Waals surface area contributed by atoms with Crippen molar-refractivity contribution >= 4 is 33.4 Å². The highest BCUT2D eigenvalue weighted by Gasteiger charge is 2.31. The summed E-state index contributed by atoms with van der Waals surface area (Å²) in [6.45, 7) is 2.92. The minimum absolute atomic E-state index is 0.0338. The summed E-state index contributed by atoms with van der Waals surface area (Å²) in [6.07, 6.45) is 0.179. The van der Waals surface area contributed by atoms with Crippen LogP contribution in [0.3, 0.4) is 0 Å². The number of rotatable bonds is 4. The van der Waals surface area contributed by atoms with E-state index in [-0.39, 0.29) is 23.6 Å². The lowest BCUT2D eigenvalue weighted by molar-refractivity contribution is -0.134. The van der Waals surface area contributed by atoms with E-state index in [1.165, 1.54) is 13.0 Å². The van der Waals surface area contributed by atoms with Crippen LogP contribution in [0.15, 0.2) is 23.1 Å². The second-order valence-corrected chi connectivity index (χ2v) is 6.97. The number of hydrogen-bond donors (Lipinski definition) is 3. The van der Waals surface area contributed by atoms with Gasteiger partial charge >= 0.3 is 0 Å². The SMILES string of the molecule is CC(=O)Nc1ccc(C)c(S(=O)(=O)NC2CCC(=O)NC2=O)c1. The van der Waals surface area contributed by atoms with E-state index in [4.69, 9.17) is 0 Å². The highest BCUT2D eigenvalue weighted by Crippen LogP contribution is 2.21. The molecule has 1 atom stereocenters. The molecule has 1 aromatic carbocycles. The van der Waals surface area contributed by atoms with Crippen LogP contribution in [0.25, 0.3) is 0 Å². The monoisotopic (exact) mass is 339 g/mol. The average molecular weight is 339 g/mol. The number of hydrogen-bond acceptors (Lipinski definition) is 5. The molecule has 1 aromatic rings. The number of carbonyl (C=O) groups is 3. The second-order valence-electron chi connectivity index (χ2n) is 5.29. The molecular formula is C14H17N3O5S. The lowest BCUT2D eigenvalue weighted by Crippen LogP contribution is -2.52. The standard InChI is InChI=1S/C14H17N3O5S/c1-8-3-4-10(15-9(2)18)7-12(8)23(21,22)17-11-5-6-13(19)16-14(11)20/h3-4,7,11,17H,5-6H2,1-2H3,(H,15,18)(H,16,19,20). The lowest BCUT2D eigenvalue weighted by atomic mass is 10.1. The maximum atomic E-state index is 12.5. The molecule has 0 spiro atoms. The van der Waals surface area contributed by atoms with Crippen molar-refractivity contribution in [1.29, 1.82) is 0 Å². The molecule has 0 saturated carbocycles. The van der Waals surface area contributed by atoms with Gasteiger partial charge in [0.25, 0.3) is 0 Å². The van der Waals surface area contributed by atoms with Gasteiger partial charge in [0.05, 0.1) is 4.90 Å². The molecule has 9 heteroatoms. The van der Waals surface area contributed by atoms with E-state index in [1.54, 1.807) is 19.1 Å². The topological polar surface area (TPSA) is 121 Å². The zero-order valence-electron chi connectivity index (χ0n) is 12.7. The minimum atomic E-state index is -3.97. The van der Waals surface area contributed by atoms with Gasteiger partial charge in [0.2, 0.25) is 27.7 Å². The summed E-state index contributed by atoms with van der Waals surface area (Å²) in [6, 6.07) is 3.47. The maximum Gasteiger partial charge on any atom is 0.244 e. The van der Waals surface area contributed by atoms with Crippen molar-refractivity contribution in [2.45, 2.75) is 37.6 Å². The van der Waals surface area contributed by atoms with E-state index in [1.807, 2.05) is 0 Å². The Morgan fingerprint density at radius 2 is 2.00 bits per heavy atom. The second kappa shape index (κ2) is 6.47. The first-order valence-corrected chi connectivity index (χ1v) is 8.41. The van der Waals surface area contributed by atoms with Crippen molar-refractivity contribution < 1.29 is 22.8 Å². The van der Waals surface area contributed by atoms with Crippen LogP contribution in [-0.4, -0.2) is 32.2 Å². The number of benzene rings is 1. The molecule has 124 valence electrons. The van der Waals surface area contributed by atoms with Crippen molar-refractivity contribution in [3.05, 3.63) is 23.8 Å². The zero-order valence-corrected chi connectivity index (χ0v) is 13.5. The van der Waals surface area contributed by atoms with E-state index < -0.39 is 27.9 Å². The molecule has 1 saturated heterocycles. The summed E-state index contributed by atoms with van der Waals surface area (Å²) < 4.78 is 27.3. The molecule has 23 heavy (non-hydrogen) atoms. The normalized spacial score (nSPS) is 18.4. The number of piperidine rings is 1. The third-order valence-electron chi connectivity index (χ3n) is 3.33. The number of amides is 3. The molecule has 1 heterocycles. The molecule has 1 aliphatic heterocycles. The highest BCUT2D eigenvalue weighted by molar-refractivity contribution is 7.89. The first-order valence-electron chi connectivity index (χ1n) is 6.93. The van der Waals surface area contributed by atoms with E-state index in [9.17, 15) is 22.8 Å². The molecule has 8 nitrogen and oxygen atoms in total. The van der Waals surface area contributed by atoms with Crippen LogP contribution < -0.4 is 15.4 Å². The van der Waals surface area contributed by atoms with Crippen molar-refractivity contribution in [2.75, 3.05) is 5.32 Å². The molecule has 3 N–H and O–H groups in total. The van der Waals surface area contributed by atoms with E-state index in [2.05, 4.69) is 15.4 Å². The van der Waals surface area contributed by atoms with Crippen LogP contribution in [0.5, 0.6) is 0 Å². The summed E-state index contributed by atoms with van der Waals surface area (Å²) in [5.41, 5.74) is 0.811. The fourth-order valence-corrected chi connectivity index (χ4v) is 3.73. The van der Waals surface area contributed by atoms with Gasteiger partial charge in [0.1, 0.15) is 6.04 Å². The Bertz CT molecular complexity index is 773. The summed E-state index contributed by atoms with van der Waals surface area (Å²) in [7, 11) is -3.97. The lowest BCUT2D eigenvalue weighted by Gasteiger charge is -2.22. The van der Waals surface area contributed by atoms with Crippen molar-refractivity contribution in [1.82, 2.24) is 10.0 Å². The largest absolute Gasteiger partial charge is 0.326 e. The quantitative estimate of drug-likeness (QED) is 0.669. The number of aryl methyl sites for hydroxylation is 1. The maximum absolute atomic E-state index is 12.5. The van der Waals surface area contributed by atoms with Crippen LogP contribution in [0, 0.1) is 6.92 Å². The first-order chi connectivity index (χ1) is 10.7.